The Morgan fingerprint density at radius 3 is 2.73 bits per heavy atom. The molecule has 0 aromatic rings. The maximum atomic E-state index is 10.7. The smallest absolute Gasteiger partial charge is 0.374 e. The number of Topliss-reactive ketones (excluding diaryl/α,β-unsaturated/α-hetero) is 1. The van der Waals surface area contributed by atoms with Crippen LogP contribution in [-0.4, -0.2) is 37.9 Å². The molecule has 1 fully saturated rings. The molecule has 0 radical (unpaired) electrons. The van der Waals surface area contributed by atoms with Crippen LogP contribution in [0.1, 0.15) is 26.2 Å². The molecule has 15 heavy (non-hydrogen) atoms. The zero-order valence-corrected chi connectivity index (χ0v) is 8.86. The van der Waals surface area contributed by atoms with Gasteiger partial charge in [0.15, 0.2) is 6.29 Å². The minimum Gasteiger partial charge on any atom is -0.458 e. The van der Waals surface area contributed by atoms with Crippen LogP contribution in [0.2, 0.25) is 0 Å². The normalized spacial score (nSPS) is 21.0. The molecule has 1 saturated heterocycles. The summed E-state index contributed by atoms with van der Waals surface area (Å²) in [6.07, 6.45) is 2.85. The number of rotatable bonds is 5. The molecule has 0 bridgehead atoms. The van der Waals surface area contributed by atoms with Crippen LogP contribution in [0, 0.1) is 0 Å². The number of ketones is 1. The average molecular weight is 216 g/mol. The summed E-state index contributed by atoms with van der Waals surface area (Å²) in [6, 6.07) is 0. The highest BCUT2D eigenvalue weighted by Gasteiger charge is 2.14. The molecule has 0 aromatic heterocycles. The second-order valence-electron chi connectivity index (χ2n) is 3.36. The summed E-state index contributed by atoms with van der Waals surface area (Å²) in [7, 11) is 0. The largest absolute Gasteiger partial charge is 0.458 e. The van der Waals surface area contributed by atoms with Crippen molar-refractivity contribution in [1.82, 2.24) is 0 Å². The second kappa shape index (κ2) is 6.53. The lowest BCUT2D eigenvalue weighted by Crippen LogP contribution is -2.25. The number of hydrogen-bond acceptors (Lipinski definition) is 5. The summed E-state index contributed by atoms with van der Waals surface area (Å²) in [4.78, 5) is 21.2. The zero-order valence-electron chi connectivity index (χ0n) is 8.86. The van der Waals surface area contributed by atoms with Gasteiger partial charge in [-0.3, -0.25) is 4.79 Å². The van der Waals surface area contributed by atoms with E-state index in [4.69, 9.17) is 9.47 Å². The lowest BCUT2D eigenvalue weighted by Gasteiger charge is -2.22. The fourth-order valence-electron chi connectivity index (χ4n) is 1.26. The standard InChI is InChI=1S/C10H16O5/c1-8(11)10(12)15-7-6-14-9-4-2-3-5-13-9/h9H,2-7H2,1H3. The molecule has 0 spiro atoms. The van der Waals surface area contributed by atoms with Gasteiger partial charge in [0.25, 0.3) is 0 Å². The number of ether oxygens (including phenoxy) is 3. The highest BCUT2D eigenvalue weighted by atomic mass is 16.7. The molecule has 0 N–H and O–H groups in total. The number of carbonyl (C=O) groups is 2. The van der Waals surface area contributed by atoms with E-state index >= 15 is 0 Å². The summed E-state index contributed by atoms with van der Waals surface area (Å²) < 4.78 is 15.2. The molecule has 0 aliphatic carbocycles. The molecule has 86 valence electrons. The van der Waals surface area contributed by atoms with Gasteiger partial charge in [-0.15, -0.1) is 0 Å². The topological polar surface area (TPSA) is 61.8 Å². The van der Waals surface area contributed by atoms with Crippen molar-refractivity contribution in [2.24, 2.45) is 0 Å². The Labute approximate surface area is 88.7 Å². The predicted octanol–water partition coefficient (Wildman–Crippen LogP) is 0.662. The minimum atomic E-state index is -0.817. The van der Waals surface area contributed by atoms with Crippen molar-refractivity contribution in [2.45, 2.75) is 32.5 Å². The Bertz CT molecular complexity index is 220. The first-order valence-corrected chi connectivity index (χ1v) is 5.11. The highest BCUT2D eigenvalue weighted by Crippen LogP contribution is 2.13. The van der Waals surface area contributed by atoms with Crippen LogP contribution >= 0.6 is 0 Å². The van der Waals surface area contributed by atoms with Crippen molar-refractivity contribution in [2.75, 3.05) is 19.8 Å². The third-order valence-electron chi connectivity index (χ3n) is 2.05. The monoisotopic (exact) mass is 216 g/mol. The number of esters is 1. The molecule has 0 saturated carbocycles. The molecule has 1 heterocycles. The SMILES string of the molecule is CC(=O)C(=O)OCCOC1CCCCO1. The quantitative estimate of drug-likeness (QED) is 0.384. The van der Waals surface area contributed by atoms with Gasteiger partial charge in [0.1, 0.15) is 6.61 Å². The van der Waals surface area contributed by atoms with Gasteiger partial charge in [0.2, 0.25) is 5.78 Å². The van der Waals surface area contributed by atoms with E-state index in [1.807, 2.05) is 0 Å². The van der Waals surface area contributed by atoms with Crippen molar-refractivity contribution in [3.63, 3.8) is 0 Å². The van der Waals surface area contributed by atoms with Crippen molar-refractivity contribution in [1.29, 1.82) is 0 Å². The first-order valence-electron chi connectivity index (χ1n) is 5.11. The Morgan fingerprint density at radius 2 is 2.13 bits per heavy atom. The van der Waals surface area contributed by atoms with E-state index in [1.165, 1.54) is 6.92 Å². The van der Waals surface area contributed by atoms with E-state index < -0.39 is 11.8 Å². The van der Waals surface area contributed by atoms with E-state index in [0.717, 1.165) is 25.9 Å². The lowest BCUT2D eigenvalue weighted by molar-refractivity contribution is -0.174. The van der Waals surface area contributed by atoms with Crippen LogP contribution in [0.5, 0.6) is 0 Å². The first-order chi connectivity index (χ1) is 7.20. The molecular weight excluding hydrogens is 200 g/mol. The van der Waals surface area contributed by atoms with Crippen LogP contribution in [0.4, 0.5) is 0 Å². The summed E-state index contributed by atoms with van der Waals surface area (Å²) in [6.45, 7) is 2.26. The first kappa shape index (κ1) is 12.1. The minimum absolute atomic E-state index is 0.0955. The van der Waals surface area contributed by atoms with Gasteiger partial charge in [0.05, 0.1) is 6.61 Å². The van der Waals surface area contributed by atoms with Crippen LogP contribution < -0.4 is 0 Å². The van der Waals surface area contributed by atoms with E-state index in [-0.39, 0.29) is 19.5 Å². The number of hydrogen-bond donors (Lipinski definition) is 0. The Hall–Kier alpha value is -0.940. The second-order valence-corrected chi connectivity index (χ2v) is 3.36. The van der Waals surface area contributed by atoms with Crippen LogP contribution in [0.15, 0.2) is 0 Å². The molecule has 1 aliphatic heterocycles. The van der Waals surface area contributed by atoms with E-state index in [0.29, 0.717) is 0 Å². The molecule has 0 aromatic carbocycles. The third-order valence-corrected chi connectivity index (χ3v) is 2.05. The molecule has 1 atom stereocenters. The third kappa shape index (κ3) is 4.90. The fraction of sp³-hybridized carbons (Fsp3) is 0.800. The predicted molar refractivity (Wildman–Crippen MR) is 51.2 cm³/mol. The van der Waals surface area contributed by atoms with Crippen LogP contribution in [-0.2, 0) is 23.8 Å². The number of carbonyl (C=O) groups excluding carboxylic acids is 2. The van der Waals surface area contributed by atoms with Gasteiger partial charge >= 0.3 is 5.97 Å². The fourth-order valence-corrected chi connectivity index (χ4v) is 1.26. The highest BCUT2D eigenvalue weighted by molar-refractivity contribution is 6.32. The average Bonchev–Trinajstić information content (AvgIpc) is 2.25. The van der Waals surface area contributed by atoms with Gasteiger partial charge < -0.3 is 14.2 Å². The summed E-state index contributed by atoms with van der Waals surface area (Å²) >= 11 is 0. The molecule has 5 heteroatoms. The van der Waals surface area contributed by atoms with E-state index in [9.17, 15) is 9.59 Å². The van der Waals surface area contributed by atoms with E-state index in [1.54, 1.807) is 0 Å². The van der Waals surface area contributed by atoms with Crippen molar-refractivity contribution >= 4 is 11.8 Å². The van der Waals surface area contributed by atoms with Gasteiger partial charge in [0, 0.05) is 13.5 Å². The van der Waals surface area contributed by atoms with Gasteiger partial charge in [-0.1, -0.05) is 0 Å². The molecule has 1 unspecified atom stereocenters. The van der Waals surface area contributed by atoms with Crippen molar-refractivity contribution < 1.29 is 23.8 Å². The maximum absolute atomic E-state index is 10.7. The zero-order chi connectivity index (χ0) is 11.1. The molecule has 1 rings (SSSR count). The van der Waals surface area contributed by atoms with E-state index in [2.05, 4.69) is 4.74 Å². The maximum Gasteiger partial charge on any atom is 0.374 e. The van der Waals surface area contributed by atoms with Gasteiger partial charge in [-0.05, 0) is 19.3 Å². The lowest BCUT2D eigenvalue weighted by atomic mass is 10.2. The Kier molecular flexibility index (Phi) is 5.28. The summed E-state index contributed by atoms with van der Waals surface area (Å²) in [5, 5.41) is 0. The van der Waals surface area contributed by atoms with Crippen molar-refractivity contribution in [3.05, 3.63) is 0 Å². The van der Waals surface area contributed by atoms with Crippen LogP contribution in [0.3, 0.4) is 0 Å². The molecule has 1 aliphatic rings. The van der Waals surface area contributed by atoms with Gasteiger partial charge in [-0.25, -0.2) is 4.79 Å². The Balaban J connectivity index is 2.01. The molecule has 0 amide bonds. The Morgan fingerprint density at radius 1 is 1.33 bits per heavy atom. The van der Waals surface area contributed by atoms with Gasteiger partial charge in [-0.2, -0.15) is 0 Å². The van der Waals surface area contributed by atoms with Crippen molar-refractivity contribution in [3.8, 4) is 0 Å². The molecule has 5 nitrogen and oxygen atoms in total. The molecular formula is C10H16O5. The van der Waals surface area contributed by atoms with Crippen LogP contribution in [0.25, 0.3) is 0 Å². The summed E-state index contributed by atoms with van der Waals surface area (Å²) in [5.41, 5.74) is 0. The summed E-state index contributed by atoms with van der Waals surface area (Å²) in [5.74, 6) is -1.41.